The van der Waals surface area contributed by atoms with Crippen molar-refractivity contribution in [1.82, 2.24) is 4.90 Å². The van der Waals surface area contributed by atoms with E-state index in [1.54, 1.807) is 0 Å². The Morgan fingerprint density at radius 2 is 2.04 bits per heavy atom. The Labute approximate surface area is 150 Å². The molecule has 0 aliphatic carbocycles. The second kappa shape index (κ2) is 8.68. The SMILES string of the molecule is CCOCC1CC2(CCN(C(=O)CCOc3ccccc3)CC2)CO1. The van der Waals surface area contributed by atoms with Gasteiger partial charge in [0.05, 0.1) is 32.3 Å². The first-order chi connectivity index (χ1) is 12.2. The fourth-order valence-corrected chi connectivity index (χ4v) is 3.76. The molecule has 2 heterocycles. The van der Waals surface area contributed by atoms with E-state index in [0.717, 1.165) is 51.3 Å². The van der Waals surface area contributed by atoms with Crippen molar-refractivity contribution < 1.29 is 19.0 Å². The van der Waals surface area contributed by atoms with Crippen LogP contribution in [0.3, 0.4) is 0 Å². The highest BCUT2D eigenvalue weighted by atomic mass is 16.5. The normalized spacial score (nSPS) is 22.3. The third kappa shape index (κ3) is 4.95. The molecule has 5 heteroatoms. The highest BCUT2D eigenvalue weighted by molar-refractivity contribution is 5.76. The maximum absolute atomic E-state index is 12.4. The summed E-state index contributed by atoms with van der Waals surface area (Å²) in [5.74, 6) is 1.01. The summed E-state index contributed by atoms with van der Waals surface area (Å²) in [6, 6.07) is 9.64. The van der Waals surface area contributed by atoms with Crippen LogP contribution in [0, 0.1) is 5.41 Å². The molecule has 1 atom stereocenters. The van der Waals surface area contributed by atoms with Crippen molar-refractivity contribution in [2.24, 2.45) is 5.41 Å². The molecule has 0 saturated carbocycles. The number of carbonyl (C=O) groups is 1. The topological polar surface area (TPSA) is 48.0 Å². The standard InChI is InChI=1S/C20H29NO4/c1-2-23-15-18-14-20(16-25-18)9-11-21(12-10-20)19(22)8-13-24-17-6-4-3-5-7-17/h3-7,18H,2,8-16H2,1H3. The fraction of sp³-hybridized carbons (Fsp3) is 0.650. The summed E-state index contributed by atoms with van der Waals surface area (Å²) in [4.78, 5) is 14.4. The van der Waals surface area contributed by atoms with Gasteiger partial charge < -0.3 is 19.1 Å². The molecule has 2 aliphatic heterocycles. The number of ether oxygens (including phenoxy) is 3. The van der Waals surface area contributed by atoms with Crippen molar-refractivity contribution in [3.63, 3.8) is 0 Å². The van der Waals surface area contributed by atoms with Crippen LogP contribution in [0.2, 0.25) is 0 Å². The van der Waals surface area contributed by atoms with Crippen LogP contribution in [-0.2, 0) is 14.3 Å². The van der Waals surface area contributed by atoms with Gasteiger partial charge >= 0.3 is 0 Å². The van der Waals surface area contributed by atoms with E-state index in [-0.39, 0.29) is 17.4 Å². The van der Waals surface area contributed by atoms with Gasteiger partial charge in [0.25, 0.3) is 0 Å². The number of hydrogen-bond acceptors (Lipinski definition) is 4. The maximum Gasteiger partial charge on any atom is 0.225 e. The van der Waals surface area contributed by atoms with Crippen LogP contribution in [0.15, 0.2) is 30.3 Å². The zero-order valence-corrected chi connectivity index (χ0v) is 15.1. The van der Waals surface area contributed by atoms with Crippen LogP contribution < -0.4 is 4.74 Å². The average Bonchev–Trinajstić information content (AvgIpc) is 3.04. The summed E-state index contributed by atoms with van der Waals surface area (Å²) in [5.41, 5.74) is 0.249. The largest absolute Gasteiger partial charge is 0.493 e. The minimum atomic E-state index is 0.190. The maximum atomic E-state index is 12.4. The molecule has 25 heavy (non-hydrogen) atoms. The lowest BCUT2D eigenvalue weighted by molar-refractivity contribution is -0.134. The molecular weight excluding hydrogens is 318 g/mol. The Kier molecular flexibility index (Phi) is 6.32. The van der Waals surface area contributed by atoms with Gasteiger partial charge in [0.2, 0.25) is 5.91 Å². The van der Waals surface area contributed by atoms with Gasteiger partial charge in [-0.3, -0.25) is 4.79 Å². The van der Waals surface area contributed by atoms with E-state index >= 15 is 0 Å². The molecule has 0 radical (unpaired) electrons. The minimum Gasteiger partial charge on any atom is -0.493 e. The third-order valence-electron chi connectivity index (χ3n) is 5.30. The zero-order valence-electron chi connectivity index (χ0n) is 15.1. The van der Waals surface area contributed by atoms with Crippen LogP contribution in [-0.4, -0.2) is 56.4 Å². The Hall–Kier alpha value is -1.59. The lowest BCUT2D eigenvalue weighted by Gasteiger charge is -2.38. The first-order valence-electron chi connectivity index (χ1n) is 9.36. The third-order valence-corrected chi connectivity index (χ3v) is 5.30. The van der Waals surface area contributed by atoms with Crippen molar-refractivity contribution >= 4 is 5.91 Å². The molecule has 2 saturated heterocycles. The van der Waals surface area contributed by atoms with Crippen molar-refractivity contribution in [3.8, 4) is 5.75 Å². The molecule has 0 N–H and O–H groups in total. The van der Waals surface area contributed by atoms with Gasteiger partial charge in [-0.1, -0.05) is 18.2 Å². The fourth-order valence-electron chi connectivity index (χ4n) is 3.76. The first kappa shape index (κ1) is 18.2. The number of benzene rings is 1. The van der Waals surface area contributed by atoms with Gasteiger partial charge in [-0.2, -0.15) is 0 Å². The van der Waals surface area contributed by atoms with Gasteiger partial charge in [0, 0.05) is 19.7 Å². The second-order valence-corrected chi connectivity index (χ2v) is 7.09. The number of hydrogen-bond donors (Lipinski definition) is 0. The molecule has 1 amide bonds. The molecule has 1 aromatic rings. The number of rotatable bonds is 7. The van der Waals surface area contributed by atoms with Crippen LogP contribution >= 0.6 is 0 Å². The average molecular weight is 347 g/mol. The summed E-state index contributed by atoms with van der Waals surface area (Å²) >= 11 is 0. The van der Waals surface area contributed by atoms with Gasteiger partial charge in [0.1, 0.15) is 5.75 Å². The van der Waals surface area contributed by atoms with E-state index in [4.69, 9.17) is 14.2 Å². The summed E-state index contributed by atoms with van der Waals surface area (Å²) < 4.78 is 17.0. The van der Waals surface area contributed by atoms with Crippen LogP contribution in [0.1, 0.15) is 32.6 Å². The summed E-state index contributed by atoms with van der Waals surface area (Å²) in [6.45, 7) is 6.34. The second-order valence-electron chi connectivity index (χ2n) is 7.09. The minimum absolute atomic E-state index is 0.190. The lowest BCUT2D eigenvalue weighted by Crippen LogP contribution is -2.44. The number of carbonyl (C=O) groups excluding carboxylic acids is 1. The Morgan fingerprint density at radius 1 is 1.28 bits per heavy atom. The summed E-state index contributed by atoms with van der Waals surface area (Å²) in [5, 5.41) is 0. The number of para-hydroxylation sites is 1. The molecule has 1 spiro atoms. The number of nitrogens with zero attached hydrogens (tertiary/aromatic N) is 1. The molecule has 5 nitrogen and oxygen atoms in total. The van der Waals surface area contributed by atoms with E-state index in [2.05, 4.69) is 0 Å². The highest BCUT2D eigenvalue weighted by Crippen LogP contribution is 2.42. The van der Waals surface area contributed by atoms with Gasteiger partial charge in [-0.25, -0.2) is 0 Å². The van der Waals surface area contributed by atoms with E-state index in [1.807, 2.05) is 42.2 Å². The van der Waals surface area contributed by atoms with Gasteiger partial charge in [0.15, 0.2) is 0 Å². The Morgan fingerprint density at radius 3 is 2.76 bits per heavy atom. The molecule has 2 fully saturated rings. The molecule has 0 aromatic heterocycles. The lowest BCUT2D eigenvalue weighted by atomic mass is 9.76. The summed E-state index contributed by atoms with van der Waals surface area (Å²) in [7, 11) is 0. The van der Waals surface area contributed by atoms with Crippen molar-refractivity contribution in [2.45, 2.75) is 38.7 Å². The van der Waals surface area contributed by atoms with Crippen LogP contribution in [0.25, 0.3) is 0 Å². The molecule has 1 unspecified atom stereocenters. The molecule has 2 aliphatic rings. The van der Waals surface area contributed by atoms with Crippen molar-refractivity contribution in [2.75, 3.05) is 39.5 Å². The Balaban J connectivity index is 1.38. The molecule has 138 valence electrons. The van der Waals surface area contributed by atoms with Crippen LogP contribution in [0.4, 0.5) is 0 Å². The summed E-state index contributed by atoms with van der Waals surface area (Å²) in [6.07, 6.45) is 3.78. The van der Waals surface area contributed by atoms with Gasteiger partial charge in [-0.15, -0.1) is 0 Å². The molecule has 0 bridgehead atoms. The monoisotopic (exact) mass is 347 g/mol. The van der Waals surface area contributed by atoms with E-state index in [1.165, 1.54) is 0 Å². The van der Waals surface area contributed by atoms with Crippen molar-refractivity contribution in [3.05, 3.63) is 30.3 Å². The molecule has 1 aromatic carbocycles. The number of piperidine rings is 1. The van der Waals surface area contributed by atoms with E-state index in [0.29, 0.717) is 19.6 Å². The predicted molar refractivity (Wildman–Crippen MR) is 95.7 cm³/mol. The highest BCUT2D eigenvalue weighted by Gasteiger charge is 2.42. The van der Waals surface area contributed by atoms with Crippen molar-refractivity contribution in [1.29, 1.82) is 0 Å². The number of amides is 1. The van der Waals surface area contributed by atoms with Gasteiger partial charge in [-0.05, 0) is 43.7 Å². The first-order valence-corrected chi connectivity index (χ1v) is 9.36. The van der Waals surface area contributed by atoms with E-state index in [9.17, 15) is 4.79 Å². The van der Waals surface area contributed by atoms with E-state index < -0.39 is 0 Å². The molecule has 3 rings (SSSR count). The molecular formula is C20H29NO4. The zero-order chi connectivity index (χ0) is 17.5. The quantitative estimate of drug-likeness (QED) is 0.761. The Bertz CT molecular complexity index is 540. The number of likely N-dealkylation sites (tertiary alicyclic amines) is 1. The van der Waals surface area contributed by atoms with Crippen LogP contribution in [0.5, 0.6) is 5.75 Å². The smallest absolute Gasteiger partial charge is 0.225 e. The predicted octanol–water partition coefficient (Wildman–Crippen LogP) is 2.89.